The predicted molar refractivity (Wildman–Crippen MR) is 101 cm³/mol. The number of hydrogen-bond acceptors (Lipinski definition) is 3. The molecule has 2 aromatic rings. The normalized spacial score (nSPS) is 19.7. The Hall–Kier alpha value is -1.68. The van der Waals surface area contributed by atoms with E-state index in [2.05, 4.69) is 89.5 Å². The summed E-state index contributed by atoms with van der Waals surface area (Å²) in [5, 5.41) is 0. The van der Waals surface area contributed by atoms with E-state index in [4.69, 9.17) is 0 Å². The summed E-state index contributed by atoms with van der Waals surface area (Å²) >= 11 is 0. The van der Waals surface area contributed by atoms with Crippen molar-refractivity contribution < 1.29 is 0 Å². The Bertz CT molecular complexity index is 597. The summed E-state index contributed by atoms with van der Waals surface area (Å²) in [4.78, 5) is 7.57. The van der Waals surface area contributed by atoms with Crippen LogP contribution in [-0.4, -0.2) is 61.0 Å². The Balaban J connectivity index is 1.64. The summed E-state index contributed by atoms with van der Waals surface area (Å²) < 4.78 is 0. The number of hydrogen-bond donors (Lipinski definition) is 0. The molecular weight excluding hydrogens is 294 g/mol. The van der Waals surface area contributed by atoms with Crippen LogP contribution in [0.1, 0.15) is 11.1 Å². The topological polar surface area (TPSA) is 9.72 Å². The molecule has 1 unspecified atom stereocenters. The maximum atomic E-state index is 2.65. The van der Waals surface area contributed by atoms with Gasteiger partial charge in [0.2, 0.25) is 0 Å². The van der Waals surface area contributed by atoms with Crippen molar-refractivity contribution >= 4 is 0 Å². The molecule has 0 N–H and O–H groups in total. The molecule has 3 nitrogen and oxygen atoms in total. The van der Waals surface area contributed by atoms with E-state index < -0.39 is 0 Å². The molecule has 1 aliphatic heterocycles. The molecule has 0 aromatic heterocycles. The second kappa shape index (κ2) is 8.43. The number of likely N-dealkylation sites (N-methyl/N-ethyl adjacent to an activating group) is 1. The highest BCUT2D eigenvalue weighted by Crippen LogP contribution is 2.17. The molecule has 1 atom stereocenters. The van der Waals surface area contributed by atoms with Crippen molar-refractivity contribution in [2.75, 3.05) is 40.3 Å². The first-order valence-corrected chi connectivity index (χ1v) is 8.89. The van der Waals surface area contributed by atoms with Crippen LogP contribution in [0.2, 0.25) is 0 Å². The fourth-order valence-electron chi connectivity index (χ4n) is 3.56. The molecule has 1 aliphatic rings. The van der Waals surface area contributed by atoms with E-state index in [-0.39, 0.29) is 0 Å². The summed E-state index contributed by atoms with van der Waals surface area (Å²) in [6.45, 7) is 6.65. The maximum absolute atomic E-state index is 2.65. The lowest BCUT2D eigenvalue weighted by Gasteiger charge is -2.42. The van der Waals surface area contributed by atoms with Gasteiger partial charge >= 0.3 is 0 Å². The van der Waals surface area contributed by atoms with Gasteiger partial charge in [0.25, 0.3) is 0 Å². The van der Waals surface area contributed by atoms with Gasteiger partial charge in [0.15, 0.2) is 0 Å². The third-order valence-corrected chi connectivity index (χ3v) is 4.74. The average Bonchev–Trinajstić information content (AvgIpc) is 2.59. The highest BCUT2D eigenvalue weighted by molar-refractivity contribution is 5.16. The summed E-state index contributed by atoms with van der Waals surface area (Å²) in [6.07, 6.45) is 0. The molecule has 3 rings (SSSR count). The summed E-state index contributed by atoms with van der Waals surface area (Å²) in [6, 6.07) is 22.3. The molecule has 0 bridgehead atoms. The SMILES string of the molecule is CN(C)CC1CN(Cc2ccccc2)CCN1Cc1ccccc1. The van der Waals surface area contributed by atoms with Gasteiger partial charge in [0, 0.05) is 45.3 Å². The van der Waals surface area contributed by atoms with E-state index >= 15 is 0 Å². The highest BCUT2D eigenvalue weighted by Gasteiger charge is 2.27. The van der Waals surface area contributed by atoms with Gasteiger partial charge in [-0.15, -0.1) is 0 Å². The first-order chi connectivity index (χ1) is 11.7. The van der Waals surface area contributed by atoms with E-state index in [1.807, 2.05) is 0 Å². The van der Waals surface area contributed by atoms with Gasteiger partial charge in [-0.2, -0.15) is 0 Å². The smallest absolute Gasteiger partial charge is 0.0354 e. The lowest BCUT2D eigenvalue weighted by Crippen LogP contribution is -2.55. The first kappa shape index (κ1) is 17.2. The van der Waals surface area contributed by atoms with Crippen molar-refractivity contribution in [1.82, 2.24) is 14.7 Å². The first-order valence-electron chi connectivity index (χ1n) is 8.89. The number of benzene rings is 2. The third-order valence-electron chi connectivity index (χ3n) is 4.74. The van der Waals surface area contributed by atoms with Gasteiger partial charge < -0.3 is 4.90 Å². The lowest BCUT2D eigenvalue weighted by atomic mass is 10.1. The Kier molecular flexibility index (Phi) is 6.02. The van der Waals surface area contributed by atoms with Gasteiger partial charge in [-0.3, -0.25) is 9.80 Å². The molecule has 0 saturated carbocycles. The van der Waals surface area contributed by atoms with Gasteiger partial charge in [0.05, 0.1) is 0 Å². The van der Waals surface area contributed by atoms with E-state index in [0.717, 1.165) is 39.3 Å². The maximum Gasteiger partial charge on any atom is 0.0354 e. The van der Waals surface area contributed by atoms with E-state index in [1.165, 1.54) is 11.1 Å². The van der Waals surface area contributed by atoms with Crippen LogP contribution < -0.4 is 0 Å². The minimum absolute atomic E-state index is 0.581. The molecule has 1 fully saturated rings. The van der Waals surface area contributed by atoms with Gasteiger partial charge in [0.1, 0.15) is 0 Å². The second-order valence-electron chi connectivity index (χ2n) is 7.09. The Labute approximate surface area is 146 Å². The zero-order valence-electron chi connectivity index (χ0n) is 14.9. The van der Waals surface area contributed by atoms with Crippen molar-refractivity contribution in [3.05, 3.63) is 71.8 Å². The molecule has 0 radical (unpaired) electrons. The van der Waals surface area contributed by atoms with Crippen molar-refractivity contribution in [3.63, 3.8) is 0 Å². The molecule has 0 amide bonds. The quantitative estimate of drug-likeness (QED) is 0.809. The summed E-state index contributed by atoms with van der Waals surface area (Å²) in [7, 11) is 4.35. The van der Waals surface area contributed by atoms with Gasteiger partial charge in [-0.05, 0) is 25.2 Å². The fourth-order valence-corrected chi connectivity index (χ4v) is 3.56. The average molecular weight is 323 g/mol. The molecule has 3 heteroatoms. The highest BCUT2D eigenvalue weighted by atomic mass is 15.3. The van der Waals surface area contributed by atoms with Crippen LogP contribution in [0.3, 0.4) is 0 Å². The molecular formula is C21H29N3. The summed E-state index contributed by atoms with van der Waals surface area (Å²) in [5.41, 5.74) is 2.83. The van der Waals surface area contributed by atoms with Crippen LogP contribution in [0.5, 0.6) is 0 Å². The van der Waals surface area contributed by atoms with Crippen LogP contribution in [0.4, 0.5) is 0 Å². The zero-order chi connectivity index (χ0) is 16.8. The molecule has 0 aliphatic carbocycles. The molecule has 2 aromatic carbocycles. The monoisotopic (exact) mass is 323 g/mol. The van der Waals surface area contributed by atoms with Crippen molar-refractivity contribution in [3.8, 4) is 0 Å². The molecule has 24 heavy (non-hydrogen) atoms. The second-order valence-corrected chi connectivity index (χ2v) is 7.09. The van der Waals surface area contributed by atoms with Crippen molar-refractivity contribution in [1.29, 1.82) is 0 Å². The van der Waals surface area contributed by atoms with Gasteiger partial charge in [-0.1, -0.05) is 60.7 Å². The Morgan fingerprint density at radius 3 is 2.00 bits per heavy atom. The number of piperazine rings is 1. The summed E-state index contributed by atoms with van der Waals surface area (Å²) in [5.74, 6) is 0. The number of rotatable bonds is 6. The molecule has 1 heterocycles. The molecule has 1 saturated heterocycles. The Morgan fingerprint density at radius 2 is 1.42 bits per heavy atom. The minimum Gasteiger partial charge on any atom is -0.308 e. The molecule has 0 spiro atoms. The largest absolute Gasteiger partial charge is 0.308 e. The van der Waals surface area contributed by atoms with Crippen LogP contribution in [0, 0.1) is 0 Å². The van der Waals surface area contributed by atoms with Crippen molar-refractivity contribution in [2.24, 2.45) is 0 Å². The van der Waals surface area contributed by atoms with Crippen LogP contribution in [0.25, 0.3) is 0 Å². The van der Waals surface area contributed by atoms with E-state index in [9.17, 15) is 0 Å². The minimum atomic E-state index is 0.581. The standard InChI is InChI=1S/C21H29N3/c1-22(2)17-21-18-23(15-19-9-5-3-6-10-19)13-14-24(21)16-20-11-7-4-8-12-20/h3-12,21H,13-18H2,1-2H3. The van der Waals surface area contributed by atoms with E-state index in [1.54, 1.807) is 0 Å². The zero-order valence-corrected chi connectivity index (χ0v) is 14.9. The number of nitrogens with zero attached hydrogens (tertiary/aromatic N) is 3. The van der Waals surface area contributed by atoms with Crippen LogP contribution in [0.15, 0.2) is 60.7 Å². The van der Waals surface area contributed by atoms with Crippen LogP contribution in [-0.2, 0) is 13.1 Å². The predicted octanol–water partition coefficient (Wildman–Crippen LogP) is 2.93. The van der Waals surface area contributed by atoms with Gasteiger partial charge in [-0.25, -0.2) is 0 Å². The fraction of sp³-hybridized carbons (Fsp3) is 0.429. The third kappa shape index (κ3) is 4.91. The van der Waals surface area contributed by atoms with E-state index in [0.29, 0.717) is 6.04 Å². The van der Waals surface area contributed by atoms with Crippen LogP contribution >= 0.6 is 0 Å². The van der Waals surface area contributed by atoms with Crippen molar-refractivity contribution in [2.45, 2.75) is 19.1 Å². The molecule has 128 valence electrons. The lowest BCUT2D eigenvalue weighted by molar-refractivity contribution is 0.0502. The Morgan fingerprint density at radius 1 is 0.833 bits per heavy atom.